The average Bonchev–Trinajstić information content (AvgIpc) is 1.77. The standard InChI is InChI=1S/C7H15NO2/c1-6(9)3-4-8-5-7(6,2)10/h8-10H,3-5H2,1-2H3/t6-,7+/m0/s1. The fourth-order valence-electron chi connectivity index (χ4n) is 1.12. The summed E-state index contributed by atoms with van der Waals surface area (Å²) in [6, 6.07) is 0. The van der Waals surface area contributed by atoms with Crippen LogP contribution in [-0.4, -0.2) is 34.5 Å². The van der Waals surface area contributed by atoms with E-state index in [2.05, 4.69) is 5.32 Å². The van der Waals surface area contributed by atoms with Crippen molar-refractivity contribution in [1.82, 2.24) is 5.32 Å². The highest BCUT2D eigenvalue weighted by Crippen LogP contribution is 2.26. The lowest BCUT2D eigenvalue weighted by molar-refractivity contribution is -0.144. The van der Waals surface area contributed by atoms with E-state index in [1.54, 1.807) is 13.8 Å². The summed E-state index contributed by atoms with van der Waals surface area (Å²) in [5.41, 5.74) is -1.91. The molecular formula is C7H15NO2. The van der Waals surface area contributed by atoms with Gasteiger partial charge in [0.05, 0.1) is 5.60 Å². The van der Waals surface area contributed by atoms with Crippen LogP contribution in [0.1, 0.15) is 20.3 Å². The van der Waals surface area contributed by atoms with Crippen LogP contribution in [0.25, 0.3) is 0 Å². The first-order chi connectivity index (χ1) is 4.46. The molecule has 3 nitrogen and oxygen atoms in total. The topological polar surface area (TPSA) is 52.5 Å². The molecule has 1 rings (SSSR count). The molecule has 3 heteroatoms. The molecule has 0 spiro atoms. The maximum absolute atomic E-state index is 9.61. The van der Waals surface area contributed by atoms with E-state index in [4.69, 9.17) is 0 Å². The van der Waals surface area contributed by atoms with E-state index in [0.717, 1.165) is 6.54 Å². The van der Waals surface area contributed by atoms with E-state index >= 15 is 0 Å². The minimum absolute atomic E-state index is 0.472. The Morgan fingerprint density at radius 1 is 1.20 bits per heavy atom. The zero-order valence-corrected chi connectivity index (χ0v) is 6.52. The highest BCUT2D eigenvalue weighted by atomic mass is 16.4. The van der Waals surface area contributed by atoms with Crippen LogP contribution < -0.4 is 5.32 Å². The van der Waals surface area contributed by atoms with Gasteiger partial charge in [-0.2, -0.15) is 0 Å². The van der Waals surface area contributed by atoms with Crippen LogP contribution in [0, 0.1) is 0 Å². The Labute approximate surface area is 61.1 Å². The van der Waals surface area contributed by atoms with Gasteiger partial charge in [0.1, 0.15) is 5.60 Å². The predicted molar refractivity (Wildman–Crippen MR) is 38.7 cm³/mol. The van der Waals surface area contributed by atoms with Crippen molar-refractivity contribution < 1.29 is 10.2 Å². The number of nitrogens with one attached hydrogen (secondary N) is 1. The molecular weight excluding hydrogens is 130 g/mol. The minimum atomic E-state index is -0.981. The number of hydrogen-bond donors (Lipinski definition) is 3. The molecule has 10 heavy (non-hydrogen) atoms. The molecule has 0 saturated carbocycles. The van der Waals surface area contributed by atoms with Crippen LogP contribution in [0.2, 0.25) is 0 Å². The van der Waals surface area contributed by atoms with Crippen LogP contribution in [0.4, 0.5) is 0 Å². The molecule has 2 atom stereocenters. The van der Waals surface area contributed by atoms with Crippen molar-refractivity contribution in [3.05, 3.63) is 0 Å². The molecule has 0 aliphatic carbocycles. The molecule has 0 aromatic rings. The van der Waals surface area contributed by atoms with E-state index in [0.29, 0.717) is 13.0 Å². The first kappa shape index (κ1) is 7.98. The highest BCUT2D eigenvalue weighted by Gasteiger charge is 2.43. The third-order valence-corrected chi connectivity index (χ3v) is 2.42. The van der Waals surface area contributed by atoms with Gasteiger partial charge in [0.25, 0.3) is 0 Å². The van der Waals surface area contributed by atoms with Crippen LogP contribution >= 0.6 is 0 Å². The summed E-state index contributed by atoms with van der Waals surface area (Å²) in [6.07, 6.45) is 0.611. The quantitative estimate of drug-likeness (QED) is 0.430. The van der Waals surface area contributed by atoms with Crippen LogP contribution in [0.15, 0.2) is 0 Å². The molecule has 0 bridgehead atoms. The van der Waals surface area contributed by atoms with Gasteiger partial charge < -0.3 is 15.5 Å². The van der Waals surface area contributed by atoms with Crippen molar-refractivity contribution in [3.8, 4) is 0 Å². The Kier molecular flexibility index (Phi) is 1.75. The molecule has 1 saturated heterocycles. The first-order valence-corrected chi connectivity index (χ1v) is 3.61. The third-order valence-electron chi connectivity index (χ3n) is 2.42. The zero-order valence-electron chi connectivity index (χ0n) is 6.52. The molecule has 0 amide bonds. The van der Waals surface area contributed by atoms with Gasteiger partial charge in [0, 0.05) is 6.54 Å². The maximum atomic E-state index is 9.61. The second-order valence-electron chi connectivity index (χ2n) is 3.47. The van der Waals surface area contributed by atoms with Crippen LogP contribution in [-0.2, 0) is 0 Å². The van der Waals surface area contributed by atoms with Crippen molar-refractivity contribution >= 4 is 0 Å². The summed E-state index contributed by atoms with van der Waals surface area (Å²) < 4.78 is 0. The summed E-state index contributed by atoms with van der Waals surface area (Å²) in [5.74, 6) is 0. The molecule has 1 aliphatic rings. The average molecular weight is 145 g/mol. The Morgan fingerprint density at radius 3 is 2.10 bits per heavy atom. The second kappa shape index (κ2) is 2.19. The maximum Gasteiger partial charge on any atom is 0.103 e. The van der Waals surface area contributed by atoms with E-state index < -0.39 is 11.2 Å². The molecule has 60 valence electrons. The molecule has 1 aliphatic heterocycles. The van der Waals surface area contributed by atoms with Gasteiger partial charge in [-0.15, -0.1) is 0 Å². The third kappa shape index (κ3) is 1.17. The van der Waals surface area contributed by atoms with Crippen molar-refractivity contribution in [3.63, 3.8) is 0 Å². The zero-order chi connectivity index (χ0) is 7.83. The van der Waals surface area contributed by atoms with E-state index in [1.165, 1.54) is 0 Å². The number of β-amino-alcohol motifs (C(OH)–C–C–N with tert-alkyl or cyclic N) is 1. The monoisotopic (exact) mass is 145 g/mol. The fourth-order valence-corrected chi connectivity index (χ4v) is 1.12. The lowest BCUT2D eigenvalue weighted by Crippen LogP contribution is -2.60. The Morgan fingerprint density at radius 2 is 1.80 bits per heavy atom. The van der Waals surface area contributed by atoms with E-state index in [1.807, 2.05) is 0 Å². The summed E-state index contributed by atoms with van der Waals surface area (Å²) in [4.78, 5) is 0. The van der Waals surface area contributed by atoms with Crippen molar-refractivity contribution in [1.29, 1.82) is 0 Å². The molecule has 0 aromatic heterocycles. The van der Waals surface area contributed by atoms with E-state index in [-0.39, 0.29) is 0 Å². The van der Waals surface area contributed by atoms with E-state index in [9.17, 15) is 10.2 Å². The predicted octanol–water partition coefficient (Wildman–Crippen LogP) is -0.518. The SMILES string of the molecule is C[C@]1(O)CCNC[C@@]1(C)O. The summed E-state index contributed by atoms with van der Waals surface area (Å²) in [7, 11) is 0. The summed E-state index contributed by atoms with van der Waals surface area (Å²) in [5, 5.41) is 22.2. The second-order valence-corrected chi connectivity index (χ2v) is 3.47. The van der Waals surface area contributed by atoms with Gasteiger partial charge in [-0.25, -0.2) is 0 Å². The summed E-state index contributed by atoms with van der Waals surface area (Å²) in [6.45, 7) is 4.58. The number of aliphatic hydroxyl groups is 2. The Hall–Kier alpha value is -0.120. The smallest absolute Gasteiger partial charge is 0.103 e. The molecule has 1 fully saturated rings. The summed E-state index contributed by atoms with van der Waals surface area (Å²) >= 11 is 0. The number of hydrogen-bond acceptors (Lipinski definition) is 3. The number of piperidine rings is 1. The van der Waals surface area contributed by atoms with Gasteiger partial charge in [0.2, 0.25) is 0 Å². The van der Waals surface area contributed by atoms with Gasteiger partial charge in [-0.1, -0.05) is 0 Å². The molecule has 0 radical (unpaired) electrons. The molecule has 3 N–H and O–H groups in total. The fraction of sp³-hybridized carbons (Fsp3) is 1.00. The molecule has 1 heterocycles. The Balaban J connectivity index is 2.70. The lowest BCUT2D eigenvalue weighted by Gasteiger charge is -2.42. The largest absolute Gasteiger partial charge is 0.387 e. The normalized spacial score (nSPS) is 49.2. The lowest BCUT2D eigenvalue weighted by atomic mass is 9.81. The molecule has 0 unspecified atom stereocenters. The van der Waals surface area contributed by atoms with Gasteiger partial charge in [-0.05, 0) is 26.8 Å². The first-order valence-electron chi connectivity index (χ1n) is 3.61. The number of rotatable bonds is 0. The molecule has 0 aromatic carbocycles. The van der Waals surface area contributed by atoms with Crippen LogP contribution in [0.5, 0.6) is 0 Å². The van der Waals surface area contributed by atoms with Crippen molar-refractivity contribution in [2.75, 3.05) is 13.1 Å². The van der Waals surface area contributed by atoms with Crippen molar-refractivity contribution in [2.45, 2.75) is 31.5 Å². The van der Waals surface area contributed by atoms with Gasteiger partial charge >= 0.3 is 0 Å². The van der Waals surface area contributed by atoms with Crippen LogP contribution in [0.3, 0.4) is 0 Å². The van der Waals surface area contributed by atoms with Crippen molar-refractivity contribution in [2.24, 2.45) is 0 Å². The van der Waals surface area contributed by atoms with Gasteiger partial charge in [-0.3, -0.25) is 0 Å². The highest BCUT2D eigenvalue weighted by molar-refractivity contribution is 4.98. The Bertz CT molecular complexity index is 116. The minimum Gasteiger partial charge on any atom is -0.387 e. The van der Waals surface area contributed by atoms with Gasteiger partial charge in [0.15, 0.2) is 0 Å².